The van der Waals surface area contributed by atoms with Crippen molar-refractivity contribution in [3.05, 3.63) is 41.5 Å². The predicted molar refractivity (Wildman–Crippen MR) is 49.1 cm³/mol. The van der Waals surface area contributed by atoms with Crippen molar-refractivity contribution in [1.82, 2.24) is 0 Å². The van der Waals surface area contributed by atoms with Gasteiger partial charge in [0.05, 0.1) is 5.92 Å². The smallest absolute Gasteiger partial charge is 0.232 e. The van der Waals surface area contributed by atoms with Gasteiger partial charge in [0.2, 0.25) is 5.24 Å². The predicted octanol–water partition coefficient (Wildman–Crippen LogP) is 2.56. The average molecular weight is 179 g/mol. The summed E-state index contributed by atoms with van der Waals surface area (Å²) in [7, 11) is 0. The minimum absolute atomic E-state index is 0.233. The van der Waals surface area contributed by atoms with Gasteiger partial charge in [0.15, 0.2) is 0 Å². The molecule has 1 aromatic rings. The summed E-state index contributed by atoms with van der Waals surface area (Å²) in [6.45, 7) is 0. The number of rotatable bonds is 1. The summed E-state index contributed by atoms with van der Waals surface area (Å²) in [4.78, 5) is 10.9. The molecule has 0 heterocycles. The first-order chi connectivity index (χ1) is 5.79. The molecule has 0 saturated heterocycles. The molecular formula is C10H7ClO. The molecule has 0 aromatic heterocycles. The number of benzene rings is 1. The molecule has 0 bridgehead atoms. The molecule has 0 aliphatic heterocycles. The van der Waals surface area contributed by atoms with Gasteiger partial charge in [0.1, 0.15) is 0 Å². The van der Waals surface area contributed by atoms with Crippen LogP contribution in [0.1, 0.15) is 17.0 Å². The topological polar surface area (TPSA) is 17.1 Å². The monoisotopic (exact) mass is 178 g/mol. The van der Waals surface area contributed by atoms with Crippen molar-refractivity contribution >= 4 is 22.9 Å². The van der Waals surface area contributed by atoms with E-state index < -0.39 is 0 Å². The van der Waals surface area contributed by atoms with E-state index in [0.29, 0.717) is 0 Å². The van der Waals surface area contributed by atoms with Crippen LogP contribution < -0.4 is 0 Å². The molecule has 0 spiro atoms. The normalized spacial score (nSPS) is 19.2. The molecule has 60 valence electrons. The van der Waals surface area contributed by atoms with Crippen molar-refractivity contribution in [1.29, 1.82) is 0 Å². The minimum Gasteiger partial charge on any atom is -0.280 e. The maximum Gasteiger partial charge on any atom is 0.232 e. The molecule has 0 N–H and O–H groups in total. The van der Waals surface area contributed by atoms with Gasteiger partial charge in [-0.3, -0.25) is 4.79 Å². The maximum absolute atomic E-state index is 10.9. The van der Waals surface area contributed by atoms with Crippen LogP contribution in [0.3, 0.4) is 0 Å². The average Bonchev–Trinajstić information content (AvgIpc) is 2.47. The quantitative estimate of drug-likeness (QED) is 0.604. The summed E-state index contributed by atoms with van der Waals surface area (Å²) >= 11 is 5.42. The highest BCUT2D eigenvalue weighted by molar-refractivity contribution is 6.65. The van der Waals surface area contributed by atoms with Gasteiger partial charge in [-0.05, 0) is 22.7 Å². The first kappa shape index (κ1) is 7.56. The van der Waals surface area contributed by atoms with Crippen LogP contribution in [-0.4, -0.2) is 5.24 Å². The Morgan fingerprint density at radius 3 is 2.83 bits per heavy atom. The molecule has 1 aromatic carbocycles. The third-order valence-corrected chi connectivity index (χ3v) is 2.28. The van der Waals surface area contributed by atoms with E-state index in [2.05, 4.69) is 0 Å². The van der Waals surface area contributed by atoms with Gasteiger partial charge in [-0.25, -0.2) is 0 Å². The van der Waals surface area contributed by atoms with Crippen LogP contribution in [0.5, 0.6) is 0 Å². The number of hydrogen-bond donors (Lipinski definition) is 0. The Labute approximate surface area is 75.7 Å². The highest BCUT2D eigenvalue weighted by atomic mass is 35.5. The molecule has 0 amide bonds. The van der Waals surface area contributed by atoms with Crippen molar-refractivity contribution in [2.45, 2.75) is 5.92 Å². The van der Waals surface area contributed by atoms with Crippen molar-refractivity contribution in [3.8, 4) is 0 Å². The van der Waals surface area contributed by atoms with E-state index >= 15 is 0 Å². The first-order valence-corrected chi connectivity index (χ1v) is 4.13. The Balaban J connectivity index is 2.49. The Morgan fingerprint density at radius 2 is 2.08 bits per heavy atom. The van der Waals surface area contributed by atoms with Crippen LogP contribution >= 0.6 is 11.6 Å². The summed E-state index contributed by atoms with van der Waals surface area (Å²) in [5, 5.41) is -0.309. The number of hydrogen-bond acceptors (Lipinski definition) is 1. The van der Waals surface area contributed by atoms with E-state index in [0.717, 1.165) is 11.1 Å². The lowest BCUT2D eigenvalue weighted by Gasteiger charge is -2.03. The van der Waals surface area contributed by atoms with Gasteiger partial charge in [-0.2, -0.15) is 0 Å². The standard InChI is InChI=1S/C10H7ClO/c11-10(12)9-6-5-7-3-1-2-4-8(7)9/h1-6,9H. The van der Waals surface area contributed by atoms with Gasteiger partial charge in [-0.1, -0.05) is 36.4 Å². The maximum atomic E-state index is 10.9. The summed E-state index contributed by atoms with van der Waals surface area (Å²) in [5.41, 5.74) is 2.11. The van der Waals surface area contributed by atoms with Gasteiger partial charge in [-0.15, -0.1) is 0 Å². The molecule has 2 rings (SSSR count). The van der Waals surface area contributed by atoms with E-state index in [1.165, 1.54) is 0 Å². The molecule has 1 nitrogen and oxygen atoms in total. The molecule has 0 radical (unpaired) electrons. The third kappa shape index (κ3) is 1.07. The molecule has 12 heavy (non-hydrogen) atoms. The fraction of sp³-hybridized carbons (Fsp3) is 0.100. The zero-order valence-corrected chi connectivity index (χ0v) is 7.08. The summed E-state index contributed by atoms with van der Waals surface area (Å²) in [6, 6.07) is 7.77. The lowest BCUT2D eigenvalue weighted by molar-refractivity contribution is -0.112. The number of carbonyl (C=O) groups excluding carboxylic acids is 1. The van der Waals surface area contributed by atoms with Gasteiger partial charge in [0.25, 0.3) is 0 Å². The van der Waals surface area contributed by atoms with Crippen LogP contribution in [-0.2, 0) is 4.79 Å². The van der Waals surface area contributed by atoms with Crippen molar-refractivity contribution in [2.24, 2.45) is 0 Å². The molecule has 0 saturated carbocycles. The zero-order chi connectivity index (χ0) is 8.55. The van der Waals surface area contributed by atoms with E-state index in [1.807, 2.05) is 36.4 Å². The van der Waals surface area contributed by atoms with Gasteiger partial charge >= 0.3 is 0 Å². The van der Waals surface area contributed by atoms with E-state index in [-0.39, 0.29) is 11.2 Å². The number of allylic oxidation sites excluding steroid dienone is 1. The van der Waals surface area contributed by atoms with Crippen LogP contribution in [0.25, 0.3) is 6.08 Å². The van der Waals surface area contributed by atoms with Crippen LogP contribution in [0.15, 0.2) is 30.3 Å². The van der Waals surface area contributed by atoms with Crippen molar-refractivity contribution < 1.29 is 4.79 Å². The second-order valence-electron chi connectivity index (χ2n) is 2.77. The molecule has 0 fully saturated rings. The number of fused-ring (bicyclic) bond motifs is 1. The van der Waals surface area contributed by atoms with Crippen molar-refractivity contribution in [3.63, 3.8) is 0 Å². The van der Waals surface area contributed by atoms with E-state index in [9.17, 15) is 4.79 Å². The summed E-state index contributed by atoms with van der Waals surface area (Å²) < 4.78 is 0. The lowest BCUT2D eigenvalue weighted by atomic mass is 10.0. The highest BCUT2D eigenvalue weighted by Crippen LogP contribution is 2.30. The molecule has 2 heteroatoms. The second kappa shape index (κ2) is 2.76. The van der Waals surface area contributed by atoms with E-state index in [4.69, 9.17) is 11.6 Å². The summed E-state index contributed by atoms with van der Waals surface area (Å²) in [6.07, 6.45) is 3.76. The SMILES string of the molecule is O=C(Cl)C1C=Cc2ccccc21. The largest absolute Gasteiger partial charge is 0.280 e. The zero-order valence-electron chi connectivity index (χ0n) is 6.33. The lowest BCUT2D eigenvalue weighted by Crippen LogP contribution is -2.00. The first-order valence-electron chi connectivity index (χ1n) is 3.75. The van der Waals surface area contributed by atoms with Crippen LogP contribution in [0.2, 0.25) is 0 Å². The molecule has 1 aliphatic rings. The minimum atomic E-state index is -0.309. The van der Waals surface area contributed by atoms with E-state index in [1.54, 1.807) is 0 Å². The van der Waals surface area contributed by atoms with Crippen molar-refractivity contribution in [2.75, 3.05) is 0 Å². The van der Waals surface area contributed by atoms with Gasteiger partial charge < -0.3 is 0 Å². The Kier molecular flexibility index (Phi) is 1.74. The third-order valence-electron chi connectivity index (χ3n) is 2.04. The van der Waals surface area contributed by atoms with Crippen LogP contribution in [0, 0.1) is 0 Å². The molecule has 1 unspecified atom stereocenters. The summed E-state index contributed by atoms with van der Waals surface area (Å²) in [5.74, 6) is -0.233. The molecule has 1 aliphatic carbocycles. The Morgan fingerprint density at radius 1 is 1.33 bits per heavy atom. The van der Waals surface area contributed by atoms with Gasteiger partial charge in [0, 0.05) is 0 Å². The second-order valence-corrected chi connectivity index (χ2v) is 3.14. The number of carbonyl (C=O) groups is 1. The van der Waals surface area contributed by atoms with Crippen LogP contribution in [0.4, 0.5) is 0 Å². The molecule has 1 atom stereocenters. The highest BCUT2D eigenvalue weighted by Gasteiger charge is 2.21. The Hall–Kier alpha value is -1.08. The fourth-order valence-corrected chi connectivity index (χ4v) is 1.64. The fourth-order valence-electron chi connectivity index (χ4n) is 1.45. The molecular weight excluding hydrogens is 172 g/mol. The Bertz CT molecular complexity index is 355. The number of halogens is 1.